The van der Waals surface area contributed by atoms with Gasteiger partial charge in [-0.2, -0.15) is 0 Å². The molecular formula is C20H18Br2N2O3. The van der Waals surface area contributed by atoms with E-state index in [1.54, 1.807) is 4.90 Å². The summed E-state index contributed by atoms with van der Waals surface area (Å²) < 4.78 is 7.48. The number of hydrogen-bond acceptors (Lipinski definition) is 3. The summed E-state index contributed by atoms with van der Waals surface area (Å²) in [5.41, 5.74) is 1.77. The molecule has 140 valence electrons. The van der Waals surface area contributed by atoms with E-state index < -0.39 is 0 Å². The van der Waals surface area contributed by atoms with Gasteiger partial charge in [-0.25, -0.2) is 0 Å². The number of para-hydroxylation sites is 1. The molecule has 2 aliphatic heterocycles. The molecule has 0 radical (unpaired) electrons. The SMILES string of the molecule is O=C(NC1CCOc2ccc(Br)cc21)C1CC(=O)N(c2ccccc2Br)C1. The van der Waals surface area contributed by atoms with E-state index in [2.05, 4.69) is 37.2 Å². The Morgan fingerprint density at radius 3 is 2.81 bits per heavy atom. The Morgan fingerprint density at radius 2 is 2.00 bits per heavy atom. The number of nitrogens with zero attached hydrogens (tertiary/aromatic N) is 1. The number of hydrogen-bond donors (Lipinski definition) is 1. The number of carbonyl (C=O) groups is 2. The highest BCUT2D eigenvalue weighted by Gasteiger charge is 2.37. The molecule has 1 saturated heterocycles. The van der Waals surface area contributed by atoms with Crippen LogP contribution in [0.25, 0.3) is 0 Å². The molecule has 0 saturated carbocycles. The molecule has 7 heteroatoms. The smallest absolute Gasteiger partial charge is 0.227 e. The van der Waals surface area contributed by atoms with Crippen LogP contribution >= 0.6 is 31.9 Å². The van der Waals surface area contributed by atoms with Crippen molar-refractivity contribution in [3.05, 3.63) is 57.0 Å². The molecule has 1 fully saturated rings. The van der Waals surface area contributed by atoms with Crippen LogP contribution in [0.5, 0.6) is 5.75 Å². The van der Waals surface area contributed by atoms with Crippen LogP contribution in [-0.4, -0.2) is 25.0 Å². The van der Waals surface area contributed by atoms with E-state index in [0.29, 0.717) is 19.6 Å². The molecule has 0 aliphatic carbocycles. The Balaban J connectivity index is 1.48. The lowest BCUT2D eigenvalue weighted by Crippen LogP contribution is -2.37. The van der Waals surface area contributed by atoms with E-state index in [9.17, 15) is 9.59 Å². The number of fused-ring (bicyclic) bond motifs is 1. The Morgan fingerprint density at radius 1 is 1.19 bits per heavy atom. The van der Waals surface area contributed by atoms with E-state index in [1.165, 1.54) is 0 Å². The molecule has 2 aromatic carbocycles. The molecule has 0 bridgehead atoms. The lowest BCUT2D eigenvalue weighted by Gasteiger charge is -2.28. The molecule has 0 spiro atoms. The first-order chi connectivity index (χ1) is 13.0. The van der Waals surface area contributed by atoms with Gasteiger partial charge in [0.2, 0.25) is 11.8 Å². The molecular weight excluding hydrogens is 476 g/mol. The molecule has 2 atom stereocenters. The minimum atomic E-state index is -0.358. The highest BCUT2D eigenvalue weighted by molar-refractivity contribution is 9.10. The van der Waals surface area contributed by atoms with Crippen molar-refractivity contribution < 1.29 is 14.3 Å². The fourth-order valence-electron chi connectivity index (χ4n) is 3.59. The zero-order chi connectivity index (χ0) is 19.0. The Bertz CT molecular complexity index is 903. The number of benzene rings is 2. The standard InChI is InChI=1S/C20H18Br2N2O3/c21-13-5-6-18-14(10-13)16(7-8-27-18)23-20(26)12-9-19(25)24(11-12)17-4-2-1-3-15(17)22/h1-6,10,12,16H,7-9,11H2,(H,23,26). The largest absolute Gasteiger partial charge is 0.493 e. The maximum atomic E-state index is 12.9. The van der Waals surface area contributed by atoms with Crippen molar-refractivity contribution in [1.29, 1.82) is 0 Å². The number of halogens is 2. The van der Waals surface area contributed by atoms with Crippen LogP contribution in [0.4, 0.5) is 5.69 Å². The summed E-state index contributed by atoms with van der Waals surface area (Å²) >= 11 is 6.96. The second-order valence-electron chi connectivity index (χ2n) is 6.74. The first-order valence-electron chi connectivity index (χ1n) is 8.80. The summed E-state index contributed by atoms with van der Waals surface area (Å²) in [6, 6.07) is 13.3. The minimum absolute atomic E-state index is 0.0304. The van der Waals surface area contributed by atoms with Crippen molar-refractivity contribution in [3.8, 4) is 5.75 Å². The number of rotatable bonds is 3. The summed E-state index contributed by atoms with van der Waals surface area (Å²) in [7, 11) is 0. The summed E-state index contributed by atoms with van der Waals surface area (Å²) in [5, 5.41) is 3.12. The lowest BCUT2D eigenvalue weighted by molar-refractivity contribution is -0.127. The van der Waals surface area contributed by atoms with Gasteiger partial charge in [-0.15, -0.1) is 0 Å². The number of carbonyl (C=O) groups excluding carboxylic acids is 2. The van der Waals surface area contributed by atoms with Crippen LogP contribution in [0.2, 0.25) is 0 Å². The third-order valence-corrected chi connectivity index (χ3v) is 6.13. The first kappa shape index (κ1) is 18.5. The van der Waals surface area contributed by atoms with Crippen molar-refractivity contribution in [2.45, 2.75) is 18.9 Å². The van der Waals surface area contributed by atoms with Crippen molar-refractivity contribution in [1.82, 2.24) is 5.32 Å². The molecule has 2 aromatic rings. The quantitative estimate of drug-likeness (QED) is 0.696. The van der Waals surface area contributed by atoms with Crippen LogP contribution in [0.3, 0.4) is 0 Å². The number of amides is 2. The summed E-state index contributed by atoms with van der Waals surface area (Å²) in [6.45, 7) is 0.952. The molecule has 5 nitrogen and oxygen atoms in total. The van der Waals surface area contributed by atoms with Gasteiger partial charge in [-0.05, 0) is 46.3 Å². The van der Waals surface area contributed by atoms with E-state index in [1.807, 2.05) is 42.5 Å². The average molecular weight is 494 g/mol. The Kier molecular flexibility index (Phi) is 5.23. The number of ether oxygens (including phenoxy) is 1. The van der Waals surface area contributed by atoms with E-state index in [0.717, 1.165) is 25.9 Å². The van der Waals surface area contributed by atoms with Crippen LogP contribution in [0.1, 0.15) is 24.4 Å². The number of nitrogens with one attached hydrogen (secondary N) is 1. The van der Waals surface area contributed by atoms with Crippen LogP contribution in [0.15, 0.2) is 51.4 Å². The Labute approximate surface area is 174 Å². The predicted octanol–water partition coefficient (Wildman–Crippen LogP) is 4.20. The van der Waals surface area contributed by atoms with E-state index in [4.69, 9.17) is 4.74 Å². The van der Waals surface area contributed by atoms with Gasteiger partial charge < -0.3 is 15.0 Å². The van der Waals surface area contributed by atoms with Crippen LogP contribution in [-0.2, 0) is 9.59 Å². The normalized spacial score (nSPS) is 21.6. The summed E-state index contributed by atoms with van der Waals surface area (Å²) in [6.07, 6.45) is 0.936. The second-order valence-corrected chi connectivity index (χ2v) is 8.51. The molecule has 0 aromatic heterocycles. The van der Waals surface area contributed by atoms with Gasteiger partial charge in [0.1, 0.15) is 5.75 Å². The van der Waals surface area contributed by atoms with Gasteiger partial charge in [0.05, 0.1) is 24.3 Å². The zero-order valence-corrected chi connectivity index (χ0v) is 17.6. The topological polar surface area (TPSA) is 58.6 Å². The average Bonchev–Trinajstić information content (AvgIpc) is 3.04. The van der Waals surface area contributed by atoms with Crippen LogP contribution in [0, 0.1) is 5.92 Å². The lowest BCUT2D eigenvalue weighted by atomic mass is 9.99. The molecule has 2 amide bonds. The van der Waals surface area contributed by atoms with E-state index >= 15 is 0 Å². The van der Waals surface area contributed by atoms with Crippen molar-refractivity contribution in [3.63, 3.8) is 0 Å². The molecule has 2 aliphatic rings. The second kappa shape index (κ2) is 7.64. The highest BCUT2D eigenvalue weighted by Crippen LogP contribution is 2.35. The maximum absolute atomic E-state index is 12.9. The third-order valence-electron chi connectivity index (χ3n) is 4.97. The van der Waals surface area contributed by atoms with Crippen LogP contribution < -0.4 is 15.0 Å². The molecule has 1 N–H and O–H groups in total. The van der Waals surface area contributed by atoms with Gasteiger partial charge in [-0.1, -0.05) is 28.1 Å². The van der Waals surface area contributed by atoms with E-state index in [-0.39, 0.29) is 30.2 Å². The number of anilines is 1. The summed E-state index contributed by atoms with van der Waals surface area (Å²) in [4.78, 5) is 27.0. The van der Waals surface area contributed by atoms with Crippen molar-refractivity contribution in [2.75, 3.05) is 18.1 Å². The molecule has 27 heavy (non-hydrogen) atoms. The molecule has 2 unspecified atom stereocenters. The minimum Gasteiger partial charge on any atom is -0.493 e. The first-order valence-corrected chi connectivity index (χ1v) is 10.4. The predicted molar refractivity (Wildman–Crippen MR) is 110 cm³/mol. The monoisotopic (exact) mass is 492 g/mol. The van der Waals surface area contributed by atoms with Gasteiger partial charge in [-0.3, -0.25) is 9.59 Å². The van der Waals surface area contributed by atoms with Crippen molar-refractivity contribution in [2.24, 2.45) is 5.92 Å². The van der Waals surface area contributed by atoms with Gasteiger partial charge in [0, 0.05) is 33.9 Å². The van der Waals surface area contributed by atoms with Gasteiger partial charge in [0.25, 0.3) is 0 Å². The summed E-state index contributed by atoms with van der Waals surface area (Å²) in [5.74, 6) is 0.322. The fraction of sp³-hybridized carbons (Fsp3) is 0.300. The van der Waals surface area contributed by atoms with Gasteiger partial charge >= 0.3 is 0 Å². The highest BCUT2D eigenvalue weighted by atomic mass is 79.9. The third kappa shape index (κ3) is 3.75. The van der Waals surface area contributed by atoms with Gasteiger partial charge in [0.15, 0.2) is 0 Å². The zero-order valence-electron chi connectivity index (χ0n) is 14.5. The molecule has 4 rings (SSSR count). The maximum Gasteiger partial charge on any atom is 0.227 e. The Hall–Kier alpha value is -1.86. The van der Waals surface area contributed by atoms with Crippen molar-refractivity contribution >= 4 is 49.4 Å². The fourth-order valence-corrected chi connectivity index (χ4v) is 4.47. The molecule has 2 heterocycles.